The number of amides is 1. The highest BCUT2D eigenvalue weighted by Gasteiger charge is 2.21. The summed E-state index contributed by atoms with van der Waals surface area (Å²) in [6.45, 7) is 0. The number of nitrogens with one attached hydrogen (secondary N) is 2. The van der Waals surface area contributed by atoms with E-state index < -0.39 is 11.9 Å². The molecule has 1 aromatic heterocycles. The van der Waals surface area contributed by atoms with Crippen molar-refractivity contribution in [3.8, 4) is 22.6 Å². The van der Waals surface area contributed by atoms with Crippen molar-refractivity contribution in [2.24, 2.45) is 5.10 Å². The summed E-state index contributed by atoms with van der Waals surface area (Å²) in [7, 11) is 1.55. The zero-order chi connectivity index (χ0) is 28.2. The molecule has 0 saturated carbocycles. The third-order valence-corrected chi connectivity index (χ3v) is 7.23. The number of carbonyl (C=O) groups excluding carboxylic acids is 2. The molecular formula is C30H20Br2ClN3O4. The second-order valence-corrected chi connectivity index (χ2v) is 10.8. The van der Waals surface area contributed by atoms with Crippen molar-refractivity contribution >= 4 is 72.5 Å². The highest BCUT2D eigenvalue weighted by atomic mass is 79.9. The van der Waals surface area contributed by atoms with Gasteiger partial charge in [-0.2, -0.15) is 5.10 Å². The van der Waals surface area contributed by atoms with Crippen LogP contribution in [0.5, 0.6) is 11.5 Å². The average Bonchev–Trinajstić information content (AvgIpc) is 3.34. The Kier molecular flexibility index (Phi) is 8.35. The molecule has 7 nitrogen and oxygen atoms in total. The molecule has 10 heteroatoms. The lowest BCUT2D eigenvalue weighted by molar-refractivity contribution is 0.0734. The zero-order valence-electron chi connectivity index (χ0n) is 20.9. The zero-order valence-corrected chi connectivity index (χ0v) is 24.8. The fourth-order valence-electron chi connectivity index (χ4n) is 4.11. The number of aromatic nitrogens is 1. The highest BCUT2D eigenvalue weighted by Crippen LogP contribution is 2.37. The van der Waals surface area contributed by atoms with Crippen LogP contribution >= 0.6 is 43.5 Å². The number of hydrogen-bond acceptors (Lipinski definition) is 5. The van der Waals surface area contributed by atoms with Gasteiger partial charge < -0.3 is 14.5 Å². The molecular weight excluding hydrogens is 662 g/mol. The van der Waals surface area contributed by atoms with Gasteiger partial charge in [-0.25, -0.2) is 10.2 Å². The van der Waals surface area contributed by atoms with Crippen LogP contribution in [0.25, 0.3) is 22.0 Å². The van der Waals surface area contributed by atoms with E-state index in [4.69, 9.17) is 21.1 Å². The molecule has 1 heterocycles. The van der Waals surface area contributed by atoms with Gasteiger partial charge in [-0.05, 0) is 60.2 Å². The Bertz CT molecular complexity index is 1750. The van der Waals surface area contributed by atoms with E-state index in [-0.39, 0.29) is 5.75 Å². The maximum atomic E-state index is 13.3. The molecule has 0 atom stereocenters. The summed E-state index contributed by atoms with van der Waals surface area (Å²) in [5.41, 5.74) is 5.89. The quantitative estimate of drug-likeness (QED) is 0.0788. The number of esters is 1. The Balaban J connectivity index is 1.41. The van der Waals surface area contributed by atoms with Crippen LogP contribution in [0.1, 0.15) is 26.4 Å². The summed E-state index contributed by atoms with van der Waals surface area (Å²) >= 11 is 13.4. The van der Waals surface area contributed by atoms with E-state index in [0.29, 0.717) is 38.7 Å². The van der Waals surface area contributed by atoms with Crippen LogP contribution in [0.2, 0.25) is 5.02 Å². The van der Waals surface area contributed by atoms with Gasteiger partial charge >= 0.3 is 5.97 Å². The van der Waals surface area contributed by atoms with Crippen LogP contribution in [-0.2, 0) is 0 Å². The molecule has 0 fully saturated rings. The molecule has 0 saturated heterocycles. The number of fused-ring (bicyclic) bond motifs is 1. The molecule has 4 aromatic carbocycles. The van der Waals surface area contributed by atoms with Crippen molar-refractivity contribution in [3.63, 3.8) is 0 Å². The molecule has 2 N–H and O–H groups in total. The van der Waals surface area contributed by atoms with Gasteiger partial charge in [-0.3, -0.25) is 4.79 Å². The lowest BCUT2D eigenvalue weighted by Crippen LogP contribution is -2.19. The van der Waals surface area contributed by atoms with Crippen LogP contribution in [0.3, 0.4) is 0 Å². The molecule has 40 heavy (non-hydrogen) atoms. The van der Waals surface area contributed by atoms with Crippen molar-refractivity contribution in [2.75, 3.05) is 7.11 Å². The highest BCUT2D eigenvalue weighted by molar-refractivity contribution is 9.10. The summed E-state index contributed by atoms with van der Waals surface area (Å²) in [6.07, 6.45) is 1.41. The molecule has 200 valence electrons. The van der Waals surface area contributed by atoms with E-state index >= 15 is 0 Å². The predicted molar refractivity (Wildman–Crippen MR) is 164 cm³/mol. The van der Waals surface area contributed by atoms with E-state index in [1.165, 1.54) is 6.21 Å². The molecule has 0 radical (unpaired) electrons. The largest absolute Gasteiger partial charge is 0.497 e. The minimum Gasteiger partial charge on any atom is -0.497 e. The van der Waals surface area contributed by atoms with E-state index in [1.54, 1.807) is 55.6 Å². The summed E-state index contributed by atoms with van der Waals surface area (Å²) in [5, 5.41) is 5.42. The van der Waals surface area contributed by atoms with E-state index in [9.17, 15) is 9.59 Å². The van der Waals surface area contributed by atoms with E-state index in [1.807, 2.05) is 36.4 Å². The minimum absolute atomic E-state index is 0.272. The Morgan fingerprint density at radius 2 is 1.70 bits per heavy atom. The fraction of sp³-hybridized carbons (Fsp3) is 0.0333. The number of H-pyrrole nitrogens is 1. The van der Waals surface area contributed by atoms with Gasteiger partial charge in [0.15, 0.2) is 0 Å². The number of hydrogen-bond donors (Lipinski definition) is 2. The van der Waals surface area contributed by atoms with Crippen LogP contribution in [0, 0.1) is 0 Å². The van der Waals surface area contributed by atoms with Gasteiger partial charge in [-0.15, -0.1) is 0 Å². The third-order valence-electron chi connectivity index (χ3n) is 5.98. The number of nitrogens with zero attached hydrogens (tertiary/aromatic N) is 1. The number of halogens is 3. The van der Waals surface area contributed by atoms with Gasteiger partial charge in [0.2, 0.25) is 0 Å². The van der Waals surface area contributed by atoms with E-state index in [2.05, 4.69) is 47.4 Å². The lowest BCUT2D eigenvalue weighted by atomic mass is 10.0. The minimum atomic E-state index is -0.544. The van der Waals surface area contributed by atoms with Crippen LogP contribution < -0.4 is 14.9 Å². The second-order valence-electron chi connectivity index (χ2n) is 8.55. The summed E-state index contributed by atoms with van der Waals surface area (Å²) < 4.78 is 12.3. The Morgan fingerprint density at radius 1 is 0.950 bits per heavy atom. The van der Waals surface area contributed by atoms with Crippen molar-refractivity contribution in [1.82, 2.24) is 10.4 Å². The first-order chi connectivity index (χ1) is 19.3. The molecule has 0 aliphatic rings. The number of carbonyl (C=O) groups is 2. The summed E-state index contributed by atoms with van der Waals surface area (Å²) in [4.78, 5) is 29.2. The smallest absolute Gasteiger partial charge is 0.343 e. The number of aromatic amines is 1. The van der Waals surface area contributed by atoms with Gasteiger partial charge in [0.25, 0.3) is 5.91 Å². The average molecular weight is 682 g/mol. The van der Waals surface area contributed by atoms with Gasteiger partial charge in [0, 0.05) is 25.5 Å². The fourth-order valence-corrected chi connectivity index (χ4v) is 5.35. The number of rotatable bonds is 7. The normalized spacial score (nSPS) is 11.1. The van der Waals surface area contributed by atoms with Gasteiger partial charge in [0.05, 0.1) is 29.4 Å². The molecule has 0 aliphatic heterocycles. The SMILES string of the molecule is COc1ccc(C(=O)Oc2ccc(Br)cc2C=NNC(=O)c2[nH]c3c(Cl)cc(Br)cc3c2-c2ccccc2)cc1. The third kappa shape index (κ3) is 5.96. The van der Waals surface area contributed by atoms with E-state index in [0.717, 1.165) is 19.9 Å². The Hall–Kier alpha value is -3.92. The van der Waals surface area contributed by atoms with Crippen LogP contribution in [0.15, 0.2) is 99.0 Å². The Labute approximate surface area is 251 Å². The number of hydrazone groups is 1. The monoisotopic (exact) mass is 679 g/mol. The second kappa shape index (κ2) is 12.1. The van der Waals surface area contributed by atoms with Crippen LogP contribution in [-0.4, -0.2) is 30.2 Å². The number of benzene rings is 4. The van der Waals surface area contributed by atoms with Gasteiger partial charge in [-0.1, -0.05) is 73.8 Å². The van der Waals surface area contributed by atoms with Gasteiger partial charge in [0.1, 0.15) is 17.2 Å². The topological polar surface area (TPSA) is 92.8 Å². The maximum absolute atomic E-state index is 13.3. The molecule has 5 aromatic rings. The van der Waals surface area contributed by atoms with Crippen molar-refractivity contribution in [1.29, 1.82) is 0 Å². The first kappa shape index (κ1) is 27.6. The number of methoxy groups -OCH3 is 1. The molecule has 0 bridgehead atoms. The first-order valence-corrected chi connectivity index (χ1v) is 13.9. The van der Waals surface area contributed by atoms with Crippen molar-refractivity contribution in [3.05, 3.63) is 116 Å². The first-order valence-electron chi connectivity index (χ1n) is 11.9. The van der Waals surface area contributed by atoms with Crippen molar-refractivity contribution < 1.29 is 19.1 Å². The Morgan fingerprint density at radius 3 is 2.42 bits per heavy atom. The molecule has 1 amide bonds. The standard InChI is InChI=1S/C30H20Br2ClN3O4/c1-39-22-10-7-18(8-11-22)30(38)40-25-12-9-20(31)13-19(25)16-34-36-29(37)28-26(17-5-3-2-4-6-17)23-14-21(32)15-24(33)27(23)35-28/h2-16,35H,1H3,(H,36,37). The van der Waals surface area contributed by atoms with Crippen molar-refractivity contribution in [2.45, 2.75) is 0 Å². The van der Waals surface area contributed by atoms with Crippen LogP contribution in [0.4, 0.5) is 0 Å². The molecule has 0 aliphatic carbocycles. The molecule has 0 spiro atoms. The summed E-state index contributed by atoms with van der Waals surface area (Å²) in [6, 6.07) is 24.9. The lowest BCUT2D eigenvalue weighted by Gasteiger charge is -2.09. The number of ether oxygens (including phenoxy) is 2. The molecule has 5 rings (SSSR count). The summed E-state index contributed by atoms with van der Waals surface area (Å²) in [5.74, 6) is -0.110. The molecule has 0 unspecified atom stereocenters. The predicted octanol–water partition coefficient (Wildman–Crippen LogP) is 8.01. The maximum Gasteiger partial charge on any atom is 0.343 e.